The third-order valence-corrected chi connectivity index (χ3v) is 4.60. The highest BCUT2D eigenvalue weighted by molar-refractivity contribution is 5.97. The number of phenolic OH excluding ortho intramolecular Hbond substituents is 1. The minimum absolute atomic E-state index is 0.0995. The number of ether oxygens (including phenoxy) is 1. The van der Waals surface area contributed by atoms with Crippen molar-refractivity contribution >= 4 is 17.9 Å². The summed E-state index contributed by atoms with van der Waals surface area (Å²) in [6.07, 6.45) is 3.97. The Labute approximate surface area is 162 Å². The summed E-state index contributed by atoms with van der Waals surface area (Å²) in [6.45, 7) is -0.531. The summed E-state index contributed by atoms with van der Waals surface area (Å²) in [5, 5.41) is 14.2. The lowest BCUT2D eigenvalue weighted by atomic mass is 10.0. The lowest BCUT2D eigenvalue weighted by molar-refractivity contribution is -0.123. The van der Waals surface area contributed by atoms with Gasteiger partial charge in [-0.3, -0.25) is 10.1 Å². The lowest BCUT2D eigenvalue weighted by Gasteiger charge is -2.12. The van der Waals surface area contributed by atoms with Gasteiger partial charge in [-0.25, -0.2) is 9.59 Å². The van der Waals surface area contributed by atoms with Gasteiger partial charge in [0.25, 0.3) is 5.91 Å². The summed E-state index contributed by atoms with van der Waals surface area (Å²) in [7, 11) is 0. The van der Waals surface area contributed by atoms with E-state index in [4.69, 9.17) is 4.74 Å². The van der Waals surface area contributed by atoms with Gasteiger partial charge in [0.15, 0.2) is 6.61 Å². The summed E-state index contributed by atoms with van der Waals surface area (Å²) in [6, 6.07) is 12.9. The number of esters is 1. The number of imide groups is 1. The first-order valence-corrected chi connectivity index (χ1v) is 9.18. The molecule has 28 heavy (non-hydrogen) atoms. The molecule has 7 heteroatoms. The Hall–Kier alpha value is -3.35. The number of phenols is 1. The van der Waals surface area contributed by atoms with Gasteiger partial charge in [0.05, 0.1) is 5.56 Å². The molecule has 2 aromatic carbocycles. The van der Waals surface area contributed by atoms with E-state index in [2.05, 4.69) is 10.6 Å². The third kappa shape index (κ3) is 5.33. The van der Waals surface area contributed by atoms with Gasteiger partial charge in [-0.15, -0.1) is 0 Å². The third-order valence-electron chi connectivity index (χ3n) is 4.60. The highest BCUT2D eigenvalue weighted by Crippen LogP contribution is 2.22. The van der Waals surface area contributed by atoms with Crippen LogP contribution < -0.4 is 10.6 Å². The molecule has 0 heterocycles. The van der Waals surface area contributed by atoms with Crippen LogP contribution in [0.5, 0.6) is 5.75 Å². The molecule has 0 saturated heterocycles. The summed E-state index contributed by atoms with van der Waals surface area (Å²) < 4.78 is 4.96. The largest absolute Gasteiger partial charge is 0.508 e. The van der Waals surface area contributed by atoms with Crippen LogP contribution in [0.4, 0.5) is 4.79 Å². The smallest absolute Gasteiger partial charge is 0.338 e. The lowest BCUT2D eigenvalue weighted by Crippen LogP contribution is -2.44. The van der Waals surface area contributed by atoms with Gasteiger partial charge in [-0.1, -0.05) is 37.1 Å². The maximum absolute atomic E-state index is 12.1. The number of benzene rings is 2. The Kier molecular flexibility index (Phi) is 6.26. The molecule has 0 aromatic heterocycles. The maximum atomic E-state index is 12.1. The van der Waals surface area contributed by atoms with Crippen LogP contribution in [0, 0.1) is 0 Å². The number of amides is 3. The van der Waals surface area contributed by atoms with Crippen LogP contribution in [-0.2, 0) is 9.53 Å². The van der Waals surface area contributed by atoms with Crippen molar-refractivity contribution in [2.24, 2.45) is 0 Å². The zero-order chi connectivity index (χ0) is 19.9. The number of hydrogen-bond acceptors (Lipinski definition) is 5. The molecule has 2 aromatic rings. The standard InChI is InChI=1S/C21H22N2O5/c24-18-11-9-15(10-12-18)14-5-7-16(8-6-14)20(26)28-13-19(25)23-21(27)22-17-3-1-2-4-17/h5-12,17,24H,1-4,13H2,(H2,22,23,25,27). The van der Waals surface area contributed by atoms with Crippen LogP contribution in [0.1, 0.15) is 36.0 Å². The van der Waals surface area contributed by atoms with Crippen LogP contribution in [0.15, 0.2) is 48.5 Å². The van der Waals surface area contributed by atoms with Gasteiger partial charge in [-0.05, 0) is 48.2 Å². The molecule has 0 unspecified atom stereocenters. The van der Waals surface area contributed by atoms with Crippen molar-refractivity contribution in [2.45, 2.75) is 31.7 Å². The number of carbonyl (C=O) groups is 3. The maximum Gasteiger partial charge on any atom is 0.338 e. The number of carbonyl (C=O) groups excluding carboxylic acids is 3. The van der Waals surface area contributed by atoms with E-state index in [1.807, 2.05) is 0 Å². The molecule has 0 bridgehead atoms. The van der Waals surface area contributed by atoms with Crippen molar-refractivity contribution in [3.63, 3.8) is 0 Å². The molecule has 3 rings (SSSR count). The SMILES string of the molecule is O=C(COC(=O)c1ccc(-c2ccc(O)cc2)cc1)NC(=O)NC1CCCC1. The van der Waals surface area contributed by atoms with Gasteiger partial charge in [0.1, 0.15) is 5.75 Å². The number of hydrogen-bond donors (Lipinski definition) is 3. The number of rotatable bonds is 5. The second-order valence-corrected chi connectivity index (χ2v) is 6.70. The average Bonchev–Trinajstić information content (AvgIpc) is 3.19. The quantitative estimate of drug-likeness (QED) is 0.690. The molecule has 1 fully saturated rings. The average molecular weight is 382 g/mol. The molecule has 1 aliphatic rings. The zero-order valence-corrected chi connectivity index (χ0v) is 15.3. The van der Waals surface area contributed by atoms with E-state index in [0.717, 1.165) is 36.8 Å². The first kappa shape index (κ1) is 19.4. The molecule has 146 valence electrons. The van der Waals surface area contributed by atoms with E-state index in [0.29, 0.717) is 5.56 Å². The van der Waals surface area contributed by atoms with Crippen LogP contribution in [-0.4, -0.2) is 35.7 Å². The van der Waals surface area contributed by atoms with Crippen LogP contribution >= 0.6 is 0 Å². The molecule has 0 atom stereocenters. The van der Waals surface area contributed by atoms with Crippen LogP contribution in [0.3, 0.4) is 0 Å². The van der Waals surface area contributed by atoms with E-state index in [-0.39, 0.29) is 11.8 Å². The summed E-state index contributed by atoms with van der Waals surface area (Å²) in [5.74, 6) is -1.15. The van der Waals surface area contributed by atoms with Crippen molar-refractivity contribution in [2.75, 3.05) is 6.61 Å². The Morgan fingerprint density at radius 3 is 2.11 bits per heavy atom. The Morgan fingerprint density at radius 1 is 0.929 bits per heavy atom. The molecular formula is C21H22N2O5. The summed E-state index contributed by atoms with van der Waals surface area (Å²) >= 11 is 0. The molecule has 0 radical (unpaired) electrons. The number of aromatic hydroxyl groups is 1. The molecule has 3 amide bonds. The molecule has 7 nitrogen and oxygen atoms in total. The van der Waals surface area contributed by atoms with Gasteiger partial charge in [0, 0.05) is 6.04 Å². The van der Waals surface area contributed by atoms with Crippen molar-refractivity contribution < 1.29 is 24.2 Å². The van der Waals surface area contributed by atoms with Crippen molar-refractivity contribution in [1.29, 1.82) is 0 Å². The van der Waals surface area contributed by atoms with Crippen molar-refractivity contribution in [3.8, 4) is 16.9 Å². The Balaban J connectivity index is 1.46. The van der Waals surface area contributed by atoms with E-state index in [9.17, 15) is 19.5 Å². The molecule has 0 spiro atoms. The molecule has 1 aliphatic carbocycles. The van der Waals surface area contributed by atoms with Crippen molar-refractivity contribution in [3.05, 3.63) is 54.1 Å². The van der Waals surface area contributed by atoms with Gasteiger partial charge >= 0.3 is 12.0 Å². The highest BCUT2D eigenvalue weighted by atomic mass is 16.5. The minimum Gasteiger partial charge on any atom is -0.508 e. The van der Waals surface area contributed by atoms with E-state index < -0.39 is 24.5 Å². The van der Waals surface area contributed by atoms with Crippen LogP contribution in [0.25, 0.3) is 11.1 Å². The topological polar surface area (TPSA) is 105 Å². The predicted octanol–water partition coefficient (Wildman–Crippen LogP) is 2.98. The highest BCUT2D eigenvalue weighted by Gasteiger charge is 2.18. The fourth-order valence-corrected chi connectivity index (χ4v) is 3.12. The fourth-order valence-electron chi connectivity index (χ4n) is 3.12. The predicted molar refractivity (Wildman–Crippen MR) is 103 cm³/mol. The molecule has 0 aliphatic heterocycles. The second-order valence-electron chi connectivity index (χ2n) is 6.70. The van der Waals surface area contributed by atoms with E-state index in [1.165, 1.54) is 0 Å². The van der Waals surface area contributed by atoms with E-state index in [1.54, 1.807) is 48.5 Å². The minimum atomic E-state index is -0.676. The summed E-state index contributed by atoms with van der Waals surface area (Å²) in [5.41, 5.74) is 2.06. The number of urea groups is 1. The molecule has 1 saturated carbocycles. The normalized spacial score (nSPS) is 13.7. The first-order chi connectivity index (χ1) is 13.5. The zero-order valence-electron chi connectivity index (χ0n) is 15.3. The molecule has 3 N–H and O–H groups in total. The number of nitrogens with one attached hydrogen (secondary N) is 2. The monoisotopic (exact) mass is 382 g/mol. The fraction of sp³-hybridized carbons (Fsp3) is 0.286. The first-order valence-electron chi connectivity index (χ1n) is 9.18. The van der Waals surface area contributed by atoms with E-state index >= 15 is 0 Å². The Bertz CT molecular complexity index is 840. The van der Waals surface area contributed by atoms with Crippen molar-refractivity contribution in [1.82, 2.24) is 10.6 Å². The summed E-state index contributed by atoms with van der Waals surface area (Å²) in [4.78, 5) is 35.5. The molecular weight excluding hydrogens is 360 g/mol. The Morgan fingerprint density at radius 2 is 1.50 bits per heavy atom. The van der Waals surface area contributed by atoms with Gasteiger partial charge in [-0.2, -0.15) is 0 Å². The second kappa shape index (κ2) is 9.03. The van der Waals surface area contributed by atoms with Gasteiger partial charge in [0.2, 0.25) is 0 Å². The van der Waals surface area contributed by atoms with Gasteiger partial charge < -0.3 is 15.2 Å². The van der Waals surface area contributed by atoms with Crippen LogP contribution in [0.2, 0.25) is 0 Å².